The van der Waals surface area contributed by atoms with Gasteiger partial charge in [0.1, 0.15) is 6.61 Å². The molecule has 0 aromatic heterocycles. The zero-order chi connectivity index (χ0) is 14.3. The van der Waals surface area contributed by atoms with Gasteiger partial charge in [-0.05, 0) is 18.6 Å². The standard InChI is InChI=1S/C14H20O5/c1-5-6-19-9-11(15)10-7-12(16-2)14(18-4)13(8-10)17-3/h7-8H,5-6,9H2,1-4H3. The highest BCUT2D eigenvalue weighted by Gasteiger charge is 2.16. The maximum atomic E-state index is 12.0. The van der Waals surface area contributed by atoms with Crippen LogP contribution in [0.15, 0.2) is 12.1 Å². The number of carbonyl (C=O) groups excluding carboxylic acids is 1. The Kier molecular flexibility index (Phi) is 6.15. The molecule has 0 heterocycles. The molecule has 5 nitrogen and oxygen atoms in total. The lowest BCUT2D eigenvalue weighted by atomic mass is 10.1. The number of hydrogen-bond donors (Lipinski definition) is 0. The average Bonchev–Trinajstić information content (AvgIpc) is 2.45. The molecule has 0 spiro atoms. The summed E-state index contributed by atoms with van der Waals surface area (Å²) in [5.74, 6) is 1.27. The number of hydrogen-bond acceptors (Lipinski definition) is 5. The topological polar surface area (TPSA) is 54.0 Å². The molecule has 0 fully saturated rings. The van der Waals surface area contributed by atoms with E-state index in [2.05, 4.69) is 0 Å². The largest absolute Gasteiger partial charge is 0.493 e. The minimum atomic E-state index is -0.118. The molecule has 0 saturated heterocycles. The van der Waals surface area contributed by atoms with Crippen molar-refractivity contribution in [3.05, 3.63) is 17.7 Å². The molecule has 0 unspecified atom stereocenters. The molecule has 0 radical (unpaired) electrons. The highest BCUT2D eigenvalue weighted by molar-refractivity contribution is 5.98. The van der Waals surface area contributed by atoms with E-state index in [4.69, 9.17) is 18.9 Å². The number of ketones is 1. The summed E-state index contributed by atoms with van der Waals surface area (Å²) in [4.78, 5) is 12.0. The number of Topliss-reactive ketones (excluding diaryl/α,β-unsaturated/α-hetero) is 1. The first-order valence-electron chi connectivity index (χ1n) is 6.08. The van der Waals surface area contributed by atoms with E-state index >= 15 is 0 Å². The third kappa shape index (κ3) is 3.86. The zero-order valence-corrected chi connectivity index (χ0v) is 11.8. The van der Waals surface area contributed by atoms with Crippen LogP contribution in [0.4, 0.5) is 0 Å². The molecule has 0 aliphatic carbocycles. The molecule has 5 heteroatoms. The predicted molar refractivity (Wildman–Crippen MR) is 71.5 cm³/mol. The summed E-state index contributed by atoms with van der Waals surface area (Å²) >= 11 is 0. The molecule has 0 N–H and O–H groups in total. The third-order valence-corrected chi connectivity index (χ3v) is 2.57. The molecule has 0 saturated carbocycles. The fraction of sp³-hybridized carbons (Fsp3) is 0.500. The molecule has 1 rings (SSSR count). The molecular weight excluding hydrogens is 248 g/mol. The number of carbonyl (C=O) groups is 1. The molecule has 0 amide bonds. The van der Waals surface area contributed by atoms with Gasteiger partial charge in [0.25, 0.3) is 0 Å². The van der Waals surface area contributed by atoms with Gasteiger partial charge in [-0.25, -0.2) is 0 Å². The summed E-state index contributed by atoms with van der Waals surface area (Å²) in [7, 11) is 4.55. The monoisotopic (exact) mass is 268 g/mol. The van der Waals surface area contributed by atoms with Crippen molar-refractivity contribution in [2.45, 2.75) is 13.3 Å². The molecule has 106 valence electrons. The first kappa shape index (κ1) is 15.3. The molecule has 19 heavy (non-hydrogen) atoms. The predicted octanol–water partition coefficient (Wildman–Crippen LogP) is 2.32. The Morgan fingerprint density at radius 3 is 2.05 bits per heavy atom. The summed E-state index contributed by atoms with van der Waals surface area (Å²) in [5.41, 5.74) is 0.477. The lowest BCUT2D eigenvalue weighted by Gasteiger charge is -2.13. The van der Waals surface area contributed by atoms with Gasteiger partial charge in [-0.1, -0.05) is 6.92 Å². The minimum absolute atomic E-state index is 0.0481. The number of ether oxygens (including phenoxy) is 4. The van der Waals surface area contributed by atoms with E-state index in [0.717, 1.165) is 6.42 Å². The molecular formula is C14H20O5. The van der Waals surface area contributed by atoms with Gasteiger partial charge in [-0.15, -0.1) is 0 Å². The van der Waals surface area contributed by atoms with Crippen molar-refractivity contribution in [2.75, 3.05) is 34.5 Å². The highest BCUT2D eigenvalue weighted by atomic mass is 16.5. The van der Waals surface area contributed by atoms with Gasteiger partial charge in [0, 0.05) is 12.2 Å². The first-order valence-corrected chi connectivity index (χ1v) is 6.08. The Morgan fingerprint density at radius 1 is 1.05 bits per heavy atom. The number of rotatable bonds is 8. The Hall–Kier alpha value is -1.75. The van der Waals surface area contributed by atoms with E-state index in [0.29, 0.717) is 29.4 Å². The van der Waals surface area contributed by atoms with Crippen LogP contribution in [0.3, 0.4) is 0 Å². The Bertz CT molecular complexity index is 403. The zero-order valence-electron chi connectivity index (χ0n) is 11.8. The van der Waals surface area contributed by atoms with Crippen LogP contribution in [0.5, 0.6) is 17.2 Å². The fourth-order valence-electron chi connectivity index (χ4n) is 1.63. The summed E-state index contributed by atoms with van der Waals surface area (Å²) in [6, 6.07) is 3.25. The van der Waals surface area contributed by atoms with Crippen LogP contribution in [-0.4, -0.2) is 40.3 Å². The van der Waals surface area contributed by atoms with E-state index in [1.54, 1.807) is 12.1 Å². The summed E-state index contributed by atoms with van der Waals surface area (Å²) < 4.78 is 20.8. The van der Waals surface area contributed by atoms with Crippen molar-refractivity contribution in [3.63, 3.8) is 0 Å². The van der Waals surface area contributed by atoms with Gasteiger partial charge in [0.05, 0.1) is 21.3 Å². The van der Waals surface area contributed by atoms with E-state index in [1.807, 2.05) is 6.92 Å². The normalized spacial score (nSPS) is 10.1. The van der Waals surface area contributed by atoms with Gasteiger partial charge in [0.2, 0.25) is 5.75 Å². The van der Waals surface area contributed by atoms with E-state index in [-0.39, 0.29) is 12.4 Å². The molecule has 0 aliphatic rings. The van der Waals surface area contributed by atoms with Gasteiger partial charge in [0.15, 0.2) is 17.3 Å². The van der Waals surface area contributed by atoms with Gasteiger partial charge >= 0.3 is 0 Å². The van der Waals surface area contributed by atoms with Gasteiger partial charge < -0.3 is 18.9 Å². The number of benzene rings is 1. The molecule has 0 bridgehead atoms. The van der Waals surface area contributed by atoms with E-state index < -0.39 is 0 Å². The van der Waals surface area contributed by atoms with Gasteiger partial charge in [-0.3, -0.25) is 4.79 Å². The second-order valence-corrected chi connectivity index (χ2v) is 3.89. The van der Waals surface area contributed by atoms with Crippen LogP contribution in [0.1, 0.15) is 23.7 Å². The Balaban J connectivity index is 2.98. The van der Waals surface area contributed by atoms with Crippen molar-refractivity contribution in [1.82, 2.24) is 0 Å². The van der Waals surface area contributed by atoms with Crippen LogP contribution in [-0.2, 0) is 4.74 Å². The lowest BCUT2D eigenvalue weighted by molar-refractivity contribution is 0.0760. The van der Waals surface area contributed by atoms with Crippen molar-refractivity contribution in [2.24, 2.45) is 0 Å². The Morgan fingerprint density at radius 2 is 1.63 bits per heavy atom. The first-order chi connectivity index (χ1) is 9.17. The van der Waals surface area contributed by atoms with Crippen molar-refractivity contribution in [1.29, 1.82) is 0 Å². The van der Waals surface area contributed by atoms with Crippen LogP contribution in [0, 0.1) is 0 Å². The second kappa shape index (κ2) is 7.63. The van der Waals surface area contributed by atoms with Crippen LogP contribution < -0.4 is 14.2 Å². The van der Waals surface area contributed by atoms with E-state index in [9.17, 15) is 4.79 Å². The molecule has 1 aromatic carbocycles. The quantitative estimate of drug-likeness (QED) is 0.535. The lowest BCUT2D eigenvalue weighted by Crippen LogP contribution is -2.10. The second-order valence-electron chi connectivity index (χ2n) is 3.89. The Labute approximate surface area is 113 Å². The van der Waals surface area contributed by atoms with Gasteiger partial charge in [-0.2, -0.15) is 0 Å². The molecule has 0 aliphatic heterocycles. The van der Waals surface area contributed by atoms with Crippen LogP contribution in [0.2, 0.25) is 0 Å². The fourth-order valence-corrected chi connectivity index (χ4v) is 1.63. The summed E-state index contributed by atoms with van der Waals surface area (Å²) in [6.07, 6.45) is 0.878. The summed E-state index contributed by atoms with van der Waals surface area (Å²) in [6.45, 7) is 2.60. The smallest absolute Gasteiger partial charge is 0.203 e. The molecule has 1 aromatic rings. The van der Waals surface area contributed by atoms with Crippen molar-refractivity contribution in [3.8, 4) is 17.2 Å². The van der Waals surface area contributed by atoms with Crippen molar-refractivity contribution < 1.29 is 23.7 Å². The van der Waals surface area contributed by atoms with Crippen LogP contribution >= 0.6 is 0 Å². The van der Waals surface area contributed by atoms with Crippen LogP contribution in [0.25, 0.3) is 0 Å². The highest BCUT2D eigenvalue weighted by Crippen LogP contribution is 2.38. The third-order valence-electron chi connectivity index (χ3n) is 2.57. The minimum Gasteiger partial charge on any atom is -0.493 e. The maximum absolute atomic E-state index is 12.0. The SMILES string of the molecule is CCCOCC(=O)c1cc(OC)c(OC)c(OC)c1. The maximum Gasteiger partial charge on any atom is 0.203 e. The van der Waals surface area contributed by atoms with E-state index in [1.165, 1.54) is 21.3 Å². The number of methoxy groups -OCH3 is 3. The van der Waals surface area contributed by atoms with Crippen molar-refractivity contribution >= 4 is 5.78 Å². The average molecular weight is 268 g/mol. The molecule has 0 atom stereocenters. The summed E-state index contributed by atoms with van der Waals surface area (Å²) in [5, 5.41) is 0.